The van der Waals surface area contributed by atoms with Gasteiger partial charge in [-0.05, 0) is 26.0 Å². The lowest BCUT2D eigenvalue weighted by atomic mass is 10.3. The molecule has 1 fully saturated rings. The van der Waals surface area contributed by atoms with E-state index in [-0.39, 0.29) is 23.9 Å². The Morgan fingerprint density at radius 1 is 1.36 bits per heavy atom. The van der Waals surface area contributed by atoms with Crippen LogP contribution in [0, 0.1) is 24.0 Å². The first-order valence-electron chi connectivity index (χ1n) is 7.86. The van der Waals surface area contributed by atoms with Gasteiger partial charge in [-0.3, -0.25) is 25.0 Å². The van der Waals surface area contributed by atoms with E-state index < -0.39 is 4.92 Å². The van der Waals surface area contributed by atoms with Crippen LogP contribution in [0.25, 0.3) is 0 Å². The Kier molecular flexibility index (Phi) is 4.81. The number of morpholine rings is 1. The van der Waals surface area contributed by atoms with Crippen LogP contribution in [-0.2, 0) is 11.3 Å². The first-order chi connectivity index (χ1) is 12.0. The predicted molar refractivity (Wildman–Crippen MR) is 86.0 cm³/mol. The average molecular weight is 349 g/mol. The van der Waals surface area contributed by atoms with E-state index in [0.717, 1.165) is 0 Å². The number of nitro groups is 1. The number of carbonyl (C=O) groups is 1. The van der Waals surface area contributed by atoms with Crippen molar-refractivity contribution in [2.45, 2.75) is 20.4 Å². The minimum absolute atomic E-state index is 0.00293. The van der Waals surface area contributed by atoms with Crippen molar-refractivity contribution >= 4 is 11.6 Å². The summed E-state index contributed by atoms with van der Waals surface area (Å²) in [5.41, 5.74) is 3.55. The molecule has 3 heterocycles. The Labute approximate surface area is 143 Å². The van der Waals surface area contributed by atoms with Crippen molar-refractivity contribution < 1.29 is 18.9 Å². The summed E-state index contributed by atoms with van der Waals surface area (Å²) in [7, 11) is 0. The Balaban J connectivity index is 1.68. The van der Waals surface area contributed by atoms with Gasteiger partial charge in [0.25, 0.3) is 0 Å². The number of amides is 1. The Morgan fingerprint density at radius 3 is 2.72 bits per heavy atom. The van der Waals surface area contributed by atoms with Crippen LogP contribution in [0.4, 0.5) is 5.69 Å². The summed E-state index contributed by atoms with van der Waals surface area (Å²) in [5, 5.41) is 17.0. The molecular weight excluding hydrogens is 330 g/mol. The largest absolute Gasteiger partial charge is 0.454 e. The molecule has 1 saturated heterocycles. The highest BCUT2D eigenvalue weighted by molar-refractivity contribution is 5.91. The zero-order chi connectivity index (χ0) is 18.0. The molecule has 134 valence electrons. The number of carbonyl (C=O) groups excluding carboxylic acids is 1. The molecule has 2 aromatic rings. The number of nitrogens with zero attached hydrogens (tertiary/aromatic N) is 4. The van der Waals surface area contributed by atoms with E-state index in [9.17, 15) is 14.9 Å². The van der Waals surface area contributed by atoms with Crippen LogP contribution in [0.1, 0.15) is 27.7 Å². The van der Waals surface area contributed by atoms with Gasteiger partial charge < -0.3 is 9.15 Å². The number of furan rings is 1. The summed E-state index contributed by atoms with van der Waals surface area (Å²) in [6.45, 7) is 5.81. The molecule has 0 aliphatic carbocycles. The molecule has 1 amide bonds. The van der Waals surface area contributed by atoms with E-state index in [0.29, 0.717) is 43.5 Å². The molecule has 0 bridgehead atoms. The second-order valence-corrected chi connectivity index (χ2v) is 5.74. The number of hydrogen-bond donors (Lipinski definition) is 1. The van der Waals surface area contributed by atoms with Crippen molar-refractivity contribution in [1.82, 2.24) is 20.2 Å². The summed E-state index contributed by atoms with van der Waals surface area (Å²) in [5.74, 6) is 0.331. The predicted octanol–water partition coefficient (Wildman–Crippen LogP) is 1.03. The maximum atomic E-state index is 12.2. The zero-order valence-electron chi connectivity index (χ0n) is 14.0. The molecule has 25 heavy (non-hydrogen) atoms. The molecule has 0 spiro atoms. The van der Waals surface area contributed by atoms with E-state index in [2.05, 4.69) is 10.5 Å². The molecule has 0 aromatic carbocycles. The molecule has 0 radical (unpaired) electrons. The Hall–Kier alpha value is -2.72. The standard InChI is InChI=1S/C15H19N5O5/c1-10-14(20(22)23)11(2)19(16-10)9-12-3-4-13(25-12)15(21)17-18-5-7-24-8-6-18/h3-4H,5-9H2,1-2H3,(H,17,21). The van der Waals surface area contributed by atoms with Gasteiger partial charge in [-0.1, -0.05) is 0 Å². The van der Waals surface area contributed by atoms with Gasteiger partial charge >= 0.3 is 11.6 Å². The van der Waals surface area contributed by atoms with Crippen LogP contribution < -0.4 is 5.43 Å². The number of aryl methyl sites for hydroxylation is 1. The lowest BCUT2D eigenvalue weighted by molar-refractivity contribution is -0.386. The molecule has 1 N–H and O–H groups in total. The van der Waals surface area contributed by atoms with Crippen LogP contribution in [0.3, 0.4) is 0 Å². The van der Waals surface area contributed by atoms with Crippen LogP contribution in [0.5, 0.6) is 0 Å². The van der Waals surface area contributed by atoms with Crippen LogP contribution in [0.2, 0.25) is 0 Å². The van der Waals surface area contributed by atoms with Gasteiger partial charge in [-0.15, -0.1) is 0 Å². The number of rotatable bonds is 5. The minimum Gasteiger partial charge on any atom is -0.454 e. The molecule has 3 rings (SSSR count). The topological polar surface area (TPSA) is 116 Å². The van der Waals surface area contributed by atoms with Gasteiger partial charge in [-0.2, -0.15) is 5.10 Å². The van der Waals surface area contributed by atoms with Crippen molar-refractivity contribution in [3.05, 3.63) is 45.2 Å². The number of aromatic nitrogens is 2. The highest BCUT2D eigenvalue weighted by atomic mass is 16.6. The van der Waals surface area contributed by atoms with Gasteiger partial charge in [0.1, 0.15) is 17.1 Å². The van der Waals surface area contributed by atoms with Crippen LogP contribution in [0.15, 0.2) is 16.5 Å². The fourth-order valence-corrected chi connectivity index (χ4v) is 2.71. The summed E-state index contributed by atoms with van der Waals surface area (Å²) in [6, 6.07) is 3.24. The number of ether oxygens (including phenoxy) is 1. The van der Waals surface area contributed by atoms with E-state index in [1.165, 1.54) is 4.68 Å². The smallest absolute Gasteiger partial charge is 0.312 e. The third-order valence-electron chi connectivity index (χ3n) is 3.99. The molecule has 0 atom stereocenters. The maximum absolute atomic E-state index is 12.2. The average Bonchev–Trinajstić information content (AvgIpc) is 3.14. The highest BCUT2D eigenvalue weighted by Gasteiger charge is 2.23. The lowest BCUT2D eigenvalue weighted by Gasteiger charge is -2.26. The highest BCUT2D eigenvalue weighted by Crippen LogP contribution is 2.23. The quantitative estimate of drug-likeness (QED) is 0.633. The second kappa shape index (κ2) is 7.03. The molecule has 10 nitrogen and oxygen atoms in total. The zero-order valence-corrected chi connectivity index (χ0v) is 14.0. The maximum Gasteiger partial charge on any atom is 0.312 e. The van der Waals surface area contributed by atoms with Crippen LogP contribution >= 0.6 is 0 Å². The van der Waals surface area contributed by atoms with E-state index in [1.54, 1.807) is 31.0 Å². The molecule has 2 aromatic heterocycles. The van der Waals surface area contributed by atoms with Crippen LogP contribution in [-0.4, -0.2) is 51.9 Å². The molecule has 1 aliphatic rings. The van der Waals surface area contributed by atoms with Gasteiger partial charge in [0.15, 0.2) is 5.76 Å². The normalized spacial score (nSPS) is 15.3. The van der Waals surface area contributed by atoms with Crippen molar-refractivity contribution in [1.29, 1.82) is 0 Å². The molecule has 1 aliphatic heterocycles. The summed E-state index contributed by atoms with van der Waals surface area (Å²) in [6.07, 6.45) is 0. The molecular formula is C15H19N5O5. The van der Waals surface area contributed by atoms with Gasteiger partial charge in [0, 0.05) is 13.1 Å². The van der Waals surface area contributed by atoms with Crippen molar-refractivity contribution in [3.63, 3.8) is 0 Å². The number of nitrogens with one attached hydrogen (secondary N) is 1. The fourth-order valence-electron chi connectivity index (χ4n) is 2.71. The van der Waals surface area contributed by atoms with Crippen molar-refractivity contribution in [3.8, 4) is 0 Å². The van der Waals surface area contributed by atoms with Gasteiger partial charge in [0.2, 0.25) is 0 Å². The third kappa shape index (κ3) is 3.69. The molecule has 0 saturated carbocycles. The minimum atomic E-state index is -0.447. The Morgan fingerprint density at radius 2 is 2.08 bits per heavy atom. The number of hydrazine groups is 1. The molecule has 0 unspecified atom stereocenters. The van der Waals surface area contributed by atoms with Crippen molar-refractivity contribution in [2.75, 3.05) is 26.3 Å². The van der Waals surface area contributed by atoms with Gasteiger partial charge in [0.05, 0.1) is 24.7 Å². The van der Waals surface area contributed by atoms with E-state index in [1.807, 2.05) is 0 Å². The first kappa shape index (κ1) is 17.1. The molecule has 10 heteroatoms. The third-order valence-corrected chi connectivity index (χ3v) is 3.99. The second-order valence-electron chi connectivity index (χ2n) is 5.74. The monoisotopic (exact) mass is 349 g/mol. The summed E-state index contributed by atoms with van der Waals surface area (Å²) < 4.78 is 12.3. The fraction of sp³-hybridized carbons (Fsp3) is 0.467. The SMILES string of the molecule is Cc1nn(Cc2ccc(C(=O)NN3CCOCC3)o2)c(C)c1[N+](=O)[O-]. The van der Waals surface area contributed by atoms with Gasteiger partial charge in [-0.25, -0.2) is 5.01 Å². The summed E-state index contributed by atoms with van der Waals surface area (Å²) in [4.78, 5) is 22.8. The van der Waals surface area contributed by atoms with Crippen molar-refractivity contribution in [2.24, 2.45) is 0 Å². The van der Waals surface area contributed by atoms with E-state index in [4.69, 9.17) is 9.15 Å². The number of hydrogen-bond acceptors (Lipinski definition) is 7. The summed E-state index contributed by atoms with van der Waals surface area (Å²) >= 11 is 0. The lowest BCUT2D eigenvalue weighted by Crippen LogP contribution is -2.48. The van der Waals surface area contributed by atoms with E-state index >= 15 is 0 Å². The first-order valence-corrected chi connectivity index (χ1v) is 7.86. The Bertz CT molecular complexity index is 790.